The molecule has 4 aliphatic rings. The van der Waals surface area contributed by atoms with Crippen LogP contribution in [-0.4, -0.2) is 25.3 Å². The van der Waals surface area contributed by atoms with Crippen molar-refractivity contribution in [3.63, 3.8) is 0 Å². The molecule has 5 rings (SSSR count). The summed E-state index contributed by atoms with van der Waals surface area (Å²) in [4.78, 5) is 13.9. The first kappa shape index (κ1) is 55.0. The highest BCUT2D eigenvalue weighted by atomic mass is 16.5. The summed E-state index contributed by atoms with van der Waals surface area (Å²) in [5, 5.41) is 0. The van der Waals surface area contributed by atoms with Crippen molar-refractivity contribution in [3.05, 3.63) is 35.4 Å². The first-order chi connectivity index (χ1) is 32.1. The van der Waals surface area contributed by atoms with E-state index in [4.69, 9.17) is 14.2 Å². The summed E-state index contributed by atoms with van der Waals surface area (Å²) in [7, 11) is 0. The van der Waals surface area contributed by atoms with E-state index in [0.717, 1.165) is 73.4 Å². The number of allylic oxidation sites excluding steroid dienone is 1. The van der Waals surface area contributed by atoms with E-state index >= 15 is 0 Å². The fraction of sp³-hybridized carbons (Fsp3) is 0.855. The van der Waals surface area contributed by atoms with Gasteiger partial charge >= 0.3 is 5.97 Å². The largest absolute Gasteiger partial charge is 0.490 e. The number of unbranched alkanes of at least 4 members (excludes halogenated alkanes) is 22. The molecule has 66 heavy (non-hydrogen) atoms. The number of hydrogen-bond donors (Lipinski definition) is 0. The van der Waals surface area contributed by atoms with Crippen LogP contribution in [0, 0.1) is 46.3 Å². The van der Waals surface area contributed by atoms with Gasteiger partial charge in [0.2, 0.25) is 0 Å². The van der Waals surface area contributed by atoms with Crippen molar-refractivity contribution in [2.24, 2.45) is 46.3 Å². The molecule has 0 bridgehead atoms. The quantitative estimate of drug-likeness (QED) is 0.0387. The summed E-state index contributed by atoms with van der Waals surface area (Å²) in [6.45, 7) is 18.6. The van der Waals surface area contributed by atoms with E-state index < -0.39 is 0 Å². The third-order valence-electron chi connectivity index (χ3n) is 18.2. The maximum absolute atomic E-state index is 13.9. The maximum atomic E-state index is 13.9. The van der Waals surface area contributed by atoms with Crippen LogP contribution in [0.1, 0.15) is 284 Å². The third kappa shape index (κ3) is 16.9. The number of benzene rings is 1. The normalized spacial score (nSPS) is 26.4. The van der Waals surface area contributed by atoms with Crippen LogP contribution in [0.25, 0.3) is 0 Å². The van der Waals surface area contributed by atoms with E-state index in [-0.39, 0.29) is 17.5 Å². The monoisotopic (exact) mass is 915 g/mol. The van der Waals surface area contributed by atoms with Crippen molar-refractivity contribution in [2.45, 2.75) is 279 Å². The fourth-order valence-corrected chi connectivity index (χ4v) is 14.1. The number of ether oxygens (including phenoxy) is 3. The van der Waals surface area contributed by atoms with E-state index in [2.05, 4.69) is 54.5 Å². The molecule has 1 aromatic rings. The topological polar surface area (TPSA) is 44.8 Å². The van der Waals surface area contributed by atoms with Crippen LogP contribution in [0.3, 0.4) is 0 Å². The molecule has 4 heteroatoms. The van der Waals surface area contributed by atoms with Crippen molar-refractivity contribution in [3.8, 4) is 11.5 Å². The predicted octanol–water partition coefficient (Wildman–Crippen LogP) is 19.4. The summed E-state index contributed by atoms with van der Waals surface area (Å²) in [6, 6.07) is 5.79. The SMILES string of the molecule is CCCCCCCCCCCCCCOc1ccc(C(=O)O[C@H]2CC[C@@]3(C)C(=CC[C@H]4[C@@H]5CC[C@H]([C@H](C)CCCC(C)C)[C@@]5(C)CC[C@@H]43)C2)cc1OCCCCCCCCCCCCCC. The molecule has 4 nitrogen and oxygen atoms in total. The number of carbonyl (C=O) groups is 1. The molecule has 378 valence electrons. The predicted molar refractivity (Wildman–Crippen MR) is 282 cm³/mol. The van der Waals surface area contributed by atoms with E-state index in [1.807, 2.05) is 18.2 Å². The summed E-state index contributed by atoms with van der Waals surface area (Å²) >= 11 is 0. The van der Waals surface area contributed by atoms with E-state index in [9.17, 15) is 4.79 Å². The second-order valence-electron chi connectivity index (χ2n) is 23.7. The van der Waals surface area contributed by atoms with Crippen LogP contribution >= 0.6 is 0 Å². The Morgan fingerprint density at radius 2 is 1.15 bits per heavy atom. The van der Waals surface area contributed by atoms with Crippen molar-refractivity contribution in [1.29, 1.82) is 0 Å². The maximum Gasteiger partial charge on any atom is 0.338 e. The standard InChI is InChI=1S/C62H106O4/c1-8-10-12-14-16-18-20-22-24-26-28-30-45-64-58-40-35-51(47-59(58)65-46-31-29-27-25-23-21-19-17-15-13-11-9-2)60(63)66-53-41-43-61(6)52(48-53)36-37-54-56-39-38-55(50(5)34-32-33-49(3)4)62(56,7)44-42-57(54)61/h35-36,40,47,49-50,53-57H,8-34,37-39,41-46,48H2,1-7H3/t50-,53+,54+,55-,56+,57+,61+,62-/m1/s1. The molecule has 0 saturated heterocycles. The second kappa shape index (κ2) is 29.9. The lowest BCUT2D eigenvalue weighted by Crippen LogP contribution is -2.51. The molecular weight excluding hydrogens is 809 g/mol. The van der Waals surface area contributed by atoms with Gasteiger partial charge in [-0.2, -0.15) is 0 Å². The Hall–Kier alpha value is -1.97. The Morgan fingerprint density at radius 3 is 1.71 bits per heavy atom. The Labute approximate surface area is 409 Å². The Morgan fingerprint density at radius 1 is 0.606 bits per heavy atom. The Kier molecular flexibility index (Phi) is 24.9. The van der Waals surface area contributed by atoms with Gasteiger partial charge in [-0.05, 0) is 122 Å². The minimum absolute atomic E-state index is 0.0584. The van der Waals surface area contributed by atoms with E-state index in [0.29, 0.717) is 29.9 Å². The van der Waals surface area contributed by atoms with E-state index in [1.165, 1.54) is 193 Å². The van der Waals surface area contributed by atoms with Gasteiger partial charge in [0.25, 0.3) is 0 Å². The molecule has 0 aromatic heterocycles. The van der Waals surface area contributed by atoms with Gasteiger partial charge in [0.05, 0.1) is 18.8 Å². The summed E-state index contributed by atoms with van der Waals surface area (Å²) in [5.41, 5.74) is 2.93. The lowest BCUT2D eigenvalue weighted by atomic mass is 9.47. The molecule has 3 fully saturated rings. The fourth-order valence-electron chi connectivity index (χ4n) is 14.1. The lowest BCUT2D eigenvalue weighted by molar-refractivity contribution is -0.0594. The smallest absolute Gasteiger partial charge is 0.338 e. The Bertz CT molecular complexity index is 1510. The van der Waals surface area contributed by atoms with Gasteiger partial charge in [0.1, 0.15) is 6.10 Å². The average Bonchev–Trinajstić information content (AvgIpc) is 3.67. The van der Waals surface area contributed by atoms with Gasteiger partial charge in [0.15, 0.2) is 11.5 Å². The summed E-state index contributed by atoms with van der Waals surface area (Å²) < 4.78 is 19.2. The number of carbonyl (C=O) groups excluding carboxylic acids is 1. The molecule has 0 heterocycles. The van der Waals surface area contributed by atoms with Crippen LogP contribution < -0.4 is 9.47 Å². The minimum Gasteiger partial charge on any atom is -0.490 e. The number of hydrogen-bond acceptors (Lipinski definition) is 4. The zero-order valence-corrected chi connectivity index (χ0v) is 44.6. The molecule has 0 unspecified atom stereocenters. The molecule has 3 saturated carbocycles. The molecule has 0 amide bonds. The molecule has 8 atom stereocenters. The zero-order chi connectivity index (χ0) is 47.0. The van der Waals surface area contributed by atoms with E-state index in [1.54, 1.807) is 5.57 Å². The number of fused-ring (bicyclic) bond motifs is 5. The first-order valence-electron chi connectivity index (χ1n) is 29.4. The van der Waals surface area contributed by atoms with Gasteiger partial charge in [0, 0.05) is 6.42 Å². The van der Waals surface area contributed by atoms with Gasteiger partial charge in [-0.3, -0.25) is 0 Å². The highest BCUT2D eigenvalue weighted by Crippen LogP contribution is 2.67. The lowest BCUT2D eigenvalue weighted by Gasteiger charge is -2.58. The minimum atomic E-state index is -0.214. The Balaban J connectivity index is 1.10. The van der Waals surface area contributed by atoms with Crippen LogP contribution in [0.5, 0.6) is 11.5 Å². The molecule has 0 aliphatic heterocycles. The zero-order valence-electron chi connectivity index (χ0n) is 44.6. The van der Waals surface area contributed by atoms with Crippen molar-refractivity contribution < 1.29 is 19.0 Å². The van der Waals surface area contributed by atoms with Crippen molar-refractivity contribution >= 4 is 5.97 Å². The summed E-state index contributed by atoms with van der Waals surface area (Å²) in [6.07, 6.45) is 48.5. The van der Waals surface area contributed by atoms with Crippen molar-refractivity contribution in [1.82, 2.24) is 0 Å². The molecule has 4 aliphatic carbocycles. The molecule has 0 radical (unpaired) electrons. The highest BCUT2D eigenvalue weighted by Gasteiger charge is 2.59. The van der Waals surface area contributed by atoms with Gasteiger partial charge < -0.3 is 14.2 Å². The molecule has 0 spiro atoms. The molecule has 1 aromatic carbocycles. The molecular formula is C62H106O4. The third-order valence-corrected chi connectivity index (χ3v) is 18.2. The second-order valence-corrected chi connectivity index (χ2v) is 23.7. The molecule has 0 N–H and O–H groups in total. The highest BCUT2D eigenvalue weighted by molar-refractivity contribution is 5.90. The summed E-state index contributed by atoms with van der Waals surface area (Å²) in [5.74, 6) is 6.27. The average molecular weight is 916 g/mol. The number of esters is 1. The number of rotatable bonds is 35. The van der Waals surface area contributed by atoms with Gasteiger partial charge in [-0.25, -0.2) is 4.79 Å². The first-order valence-corrected chi connectivity index (χ1v) is 29.4. The van der Waals surface area contributed by atoms with Crippen LogP contribution in [-0.2, 0) is 4.74 Å². The van der Waals surface area contributed by atoms with Gasteiger partial charge in [-0.15, -0.1) is 0 Å². The van der Waals surface area contributed by atoms with Crippen LogP contribution in [0.2, 0.25) is 0 Å². The van der Waals surface area contributed by atoms with Crippen LogP contribution in [0.4, 0.5) is 0 Å². The van der Waals surface area contributed by atoms with Crippen LogP contribution in [0.15, 0.2) is 29.8 Å². The van der Waals surface area contributed by atoms with Crippen molar-refractivity contribution in [2.75, 3.05) is 13.2 Å². The van der Waals surface area contributed by atoms with Gasteiger partial charge in [-0.1, -0.05) is 221 Å².